The number of ether oxygens (including phenoxy) is 2. The maximum atomic E-state index is 12.4. The van der Waals surface area contributed by atoms with Crippen LogP contribution in [0.1, 0.15) is 40.2 Å². The van der Waals surface area contributed by atoms with Gasteiger partial charge in [0, 0.05) is 5.56 Å². The number of fused-ring (bicyclic) bond motifs is 1. The molecule has 0 N–H and O–H groups in total. The fourth-order valence-corrected chi connectivity index (χ4v) is 2.37. The fourth-order valence-electron chi connectivity index (χ4n) is 2.37. The van der Waals surface area contributed by atoms with Crippen LogP contribution < -0.4 is 4.74 Å². The molecule has 0 saturated carbocycles. The molecule has 0 bridgehead atoms. The predicted molar refractivity (Wildman–Crippen MR) is 84.1 cm³/mol. The molecule has 2 rings (SSSR count). The van der Waals surface area contributed by atoms with E-state index in [0.29, 0.717) is 24.5 Å². The Bertz CT molecular complexity index is 624. The van der Waals surface area contributed by atoms with Gasteiger partial charge in [0.05, 0.1) is 19.7 Å². The number of hydrogen-bond acceptors (Lipinski definition) is 3. The number of benzene rings is 1. The first-order valence-electron chi connectivity index (χ1n) is 7.27. The molecule has 0 aliphatic carbocycles. The number of nitrogens with zero attached hydrogens (tertiary/aromatic N) is 2. The van der Waals surface area contributed by atoms with Crippen molar-refractivity contribution >= 4 is 11.8 Å². The van der Waals surface area contributed by atoms with Gasteiger partial charge in [-0.25, -0.2) is 9.64 Å². The second-order valence-corrected chi connectivity index (χ2v) is 7.10. The van der Waals surface area contributed by atoms with Crippen molar-refractivity contribution in [2.24, 2.45) is 0 Å². The Hall–Kier alpha value is -2.22. The van der Waals surface area contributed by atoms with Gasteiger partial charge in [-0.1, -0.05) is 6.07 Å². The Balaban J connectivity index is 2.33. The molecule has 1 aromatic carbocycles. The molecule has 0 spiro atoms. The maximum absolute atomic E-state index is 12.4. The van der Waals surface area contributed by atoms with Crippen molar-refractivity contribution in [3.8, 4) is 5.75 Å². The Morgan fingerprint density at radius 2 is 2.09 bits per heavy atom. The Labute approximate surface area is 131 Å². The summed E-state index contributed by atoms with van der Waals surface area (Å²) in [6.45, 7) is 17.3. The summed E-state index contributed by atoms with van der Waals surface area (Å²) >= 11 is 0. The first-order valence-corrected chi connectivity index (χ1v) is 7.27. The van der Waals surface area contributed by atoms with Crippen LogP contribution >= 0.6 is 0 Å². The molecule has 22 heavy (non-hydrogen) atoms. The van der Waals surface area contributed by atoms with Crippen LogP contribution in [-0.4, -0.2) is 28.7 Å². The molecule has 0 aromatic heterocycles. The molecule has 0 radical (unpaired) electrons. The summed E-state index contributed by atoms with van der Waals surface area (Å²) in [5, 5.41) is 0. The third-order valence-electron chi connectivity index (χ3n) is 3.14. The van der Waals surface area contributed by atoms with Gasteiger partial charge in [0.15, 0.2) is 5.69 Å². The van der Waals surface area contributed by atoms with E-state index in [1.54, 1.807) is 23.1 Å². The zero-order valence-corrected chi connectivity index (χ0v) is 13.8. The van der Waals surface area contributed by atoms with Crippen LogP contribution in [0.5, 0.6) is 5.75 Å². The van der Waals surface area contributed by atoms with Gasteiger partial charge < -0.3 is 9.47 Å². The third kappa shape index (κ3) is 3.91. The van der Waals surface area contributed by atoms with Gasteiger partial charge in [-0.3, -0.25) is 4.90 Å². The highest BCUT2D eigenvalue weighted by Crippen LogP contribution is 2.32. The minimum absolute atomic E-state index is 0.370. The van der Waals surface area contributed by atoms with Crippen molar-refractivity contribution in [3.05, 3.63) is 35.2 Å². The van der Waals surface area contributed by atoms with E-state index < -0.39 is 11.2 Å². The lowest BCUT2D eigenvalue weighted by Crippen LogP contribution is -2.45. The normalized spacial score (nSPS) is 16.8. The lowest BCUT2D eigenvalue weighted by molar-refractivity contribution is 0.00752. The van der Waals surface area contributed by atoms with E-state index in [9.17, 15) is 4.79 Å². The molecule has 1 amide bonds. The first-order chi connectivity index (χ1) is 10.1. The highest BCUT2D eigenvalue weighted by molar-refractivity contribution is 5.69. The lowest BCUT2D eigenvalue weighted by atomic mass is 10.1. The van der Waals surface area contributed by atoms with E-state index in [0.717, 1.165) is 5.56 Å². The van der Waals surface area contributed by atoms with E-state index >= 15 is 0 Å². The second-order valence-electron chi connectivity index (χ2n) is 7.10. The van der Waals surface area contributed by atoms with Gasteiger partial charge in [-0.05, 0) is 46.8 Å². The topological polar surface area (TPSA) is 43.1 Å². The van der Waals surface area contributed by atoms with Crippen molar-refractivity contribution in [1.82, 2.24) is 4.90 Å². The van der Waals surface area contributed by atoms with Gasteiger partial charge in [0.2, 0.25) is 0 Å². The van der Waals surface area contributed by atoms with Crippen LogP contribution in [0.25, 0.3) is 4.85 Å². The molecule has 118 valence electrons. The average molecular weight is 302 g/mol. The van der Waals surface area contributed by atoms with Crippen molar-refractivity contribution < 1.29 is 14.3 Å². The molecule has 1 aromatic rings. The van der Waals surface area contributed by atoms with Crippen molar-refractivity contribution in [2.45, 2.75) is 52.4 Å². The zero-order valence-electron chi connectivity index (χ0n) is 13.8. The minimum atomic E-state index is -0.546. The molecule has 0 fully saturated rings. The van der Waals surface area contributed by atoms with Gasteiger partial charge in [-0.15, -0.1) is 0 Å². The van der Waals surface area contributed by atoms with Crippen LogP contribution in [0, 0.1) is 6.57 Å². The van der Waals surface area contributed by atoms with E-state index in [-0.39, 0.29) is 6.09 Å². The summed E-state index contributed by atoms with van der Waals surface area (Å²) < 4.78 is 11.5. The van der Waals surface area contributed by atoms with Gasteiger partial charge in [-0.2, -0.15) is 0 Å². The standard InChI is InChI=1S/C17H22N2O3/c1-16(2,3)22-15(20)19-10-12-9-13(18-6)7-8-14(12)21-17(4,5)11-19/h7-9H,10-11H2,1-5H3. The zero-order chi connectivity index (χ0) is 16.5. The summed E-state index contributed by atoms with van der Waals surface area (Å²) in [4.78, 5) is 17.5. The summed E-state index contributed by atoms with van der Waals surface area (Å²) in [5.41, 5.74) is 0.285. The van der Waals surface area contributed by atoms with Gasteiger partial charge in [0.25, 0.3) is 0 Å². The molecule has 5 heteroatoms. The predicted octanol–water partition coefficient (Wildman–Crippen LogP) is 4.15. The van der Waals surface area contributed by atoms with Crippen LogP contribution in [-0.2, 0) is 11.3 Å². The molecule has 0 atom stereocenters. The van der Waals surface area contributed by atoms with Crippen molar-refractivity contribution in [2.75, 3.05) is 6.54 Å². The second kappa shape index (κ2) is 5.53. The monoisotopic (exact) mass is 302 g/mol. The van der Waals surface area contributed by atoms with E-state index in [2.05, 4.69) is 4.85 Å². The Kier molecular flexibility index (Phi) is 4.06. The summed E-state index contributed by atoms with van der Waals surface area (Å²) in [6, 6.07) is 5.29. The summed E-state index contributed by atoms with van der Waals surface area (Å²) in [7, 11) is 0. The highest BCUT2D eigenvalue weighted by atomic mass is 16.6. The summed E-state index contributed by atoms with van der Waals surface area (Å²) in [6.07, 6.45) is -0.370. The van der Waals surface area contributed by atoms with E-state index in [1.807, 2.05) is 34.6 Å². The van der Waals surface area contributed by atoms with E-state index in [1.165, 1.54) is 0 Å². The SMILES string of the molecule is [C-]#[N+]c1ccc2c(c1)CN(C(=O)OC(C)(C)C)CC(C)(C)O2. The number of carbonyl (C=O) groups excluding carboxylic acids is 1. The van der Waals surface area contributed by atoms with Crippen LogP contribution in [0.3, 0.4) is 0 Å². The molecule has 1 heterocycles. The molecule has 0 saturated heterocycles. The highest BCUT2D eigenvalue weighted by Gasteiger charge is 2.33. The lowest BCUT2D eigenvalue weighted by Gasteiger charge is -2.31. The number of amides is 1. The summed E-state index contributed by atoms with van der Waals surface area (Å²) in [5.74, 6) is 0.712. The van der Waals surface area contributed by atoms with Crippen LogP contribution in [0.4, 0.5) is 10.5 Å². The third-order valence-corrected chi connectivity index (χ3v) is 3.14. The van der Waals surface area contributed by atoms with Gasteiger partial charge >= 0.3 is 6.09 Å². The molecule has 1 aliphatic rings. The van der Waals surface area contributed by atoms with E-state index in [4.69, 9.17) is 16.0 Å². The Morgan fingerprint density at radius 3 is 2.68 bits per heavy atom. The molecule has 5 nitrogen and oxygen atoms in total. The van der Waals surface area contributed by atoms with Crippen LogP contribution in [0.15, 0.2) is 18.2 Å². The first kappa shape index (κ1) is 16.2. The fraction of sp³-hybridized carbons (Fsp3) is 0.529. The number of hydrogen-bond donors (Lipinski definition) is 0. The number of rotatable bonds is 0. The molecule has 0 unspecified atom stereocenters. The quantitative estimate of drug-likeness (QED) is 0.676. The smallest absolute Gasteiger partial charge is 0.410 e. The molecular weight excluding hydrogens is 280 g/mol. The Morgan fingerprint density at radius 1 is 1.41 bits per heavy atom. The maximum Gasteiger partial charge on any atom is 0.410 e. The molecular formula is C17H22N2O3. The molecule has 1 aliphatic heterocycles. The number of carbonyl (C=O) groups is 1. The largest absolute Gasteiger partial charge is 0.486 e. The van der Waals surface area contributed by atoms with Gasteiger partial charge in [0.1, 0.15) is 17.0 Å². The average Bonchev–Trinajstić information content (AvgIpc) is 2.50. The van der Waals surface area contributed by atoms with Crippen molar-refractivity contribution in [3.63, 3.8) is 0 Å². The van der Waals surface area contributed by atoms with Crippen molar-refractivity contribution in [1.29, 1.82) is 0 Å². The van der Waals surface area contributed by atoms with Crippen LogP contribution in [0.2, 0.25) is 0 Å². The minimum Gasteiger partial charge on any atom is -0.486 e.